The molecule has 1 saturated heterocycles. The number of benzene rings is 1. The van der Waals surface area contributed by atoms with Gasteiger partial charge in [-0.3, -0.25) is 0 Å². The third kappa shape index (κ3) is 3.65. The Kier molecular flexibility index (Phi) is 5.54. The molecule has 3 N–H and O–H groups in total. The molecular weight excluding hydrogens is 308 g/mol. The van der Waals surface area contributed by atoms with Crippen molar-refractivity contribution in [2.45, 2.75) is 16.6 Å². The second kappa shape index (κ2) is 7.03. The van der Waals surface area contributed by atoms with Crippen LogP contribution in [-0.4, -0.2) is 74.5 Å². The number of β-amino-alcohol motifs (C(OH)–C–C–N with tert-alkyl or cyclic N) is 2. The molecule has 2 rings (SSSR count). The predicted octanol–water partition coefficient (Wildman–Crippen LogP) is -0.981. The van der Waals surface area contributed by atoms with Crippen molar-refractivity contribution in [1.29, 1.82) is 0 Å². The molecule has 2 atom stereocenters. The van der Waals surface area contributed by atoms with Crippen LogP contribution in [0.4, 0.5) is 0 Å². The van der Waals surface area contributed by atoms with Gasteiger partial charge in [0.25, 0.3) is 0 Å². The van der Waals surface area contributed by atoms with Crippen molar-refractivity contribution in [3.63, 3.8) is 0 Å². The number of methoxy groups -OCH3 is 1. The van der Waals surface area contributed by atoms with Gasteiger partial charge in [-0.1, -0.05) is 18.2 Å². The van der Waals surface area contributed by atoms with Crippen molar-refractivity contribution < 1.29 is 23.4 Å². The zero-order valence-corrected chi connectivity index (χ0v) is 13.3. The van der Waals surface area contributed by atoms with Crippen LogP contribution in [0.2, 0.25) is 0 Å². The average molecular weight is 330 g/mol. The second-order valence-corrected chi connectivity index (χ2v) is 7.34. The number of rotatable bonds is 7. The van der Waals surface area contributed by atoms with Gasteiger partial charge in [-0.2, -0.15) is 4.31 Å². The minimum Gasteiger partial charge on any atom is -0.389 e. The van der Waals surface area contributed by atoms with Gasteiger partial charge < -0.3 is 20.3 Å². The van der Waals surface area contributed by atoms with Gasteiger partial charge in [0, 0.05) is 33.3 Å². The van der Waals surface area contributed by atoms with Gasteiger partial charge >= 0.3 is 0 Å². The Morgan fingerprint density at radius 1 is 1.41 bits per heavy atom. The molecule has 0 bridgehead atoms. The molecule has 0 aromatic heterocycles. The van der Waals surface area contributed by atoms with E-state index in [0.717, 1.165) is 4.31 Å². The van der Waals surface area contributed by atoms with Crippen LogP contribution in [0, 0.1) is 0 Å². The van der Waals surface area contributed by atoms with Gasteiger partial charge in [0.2, 0.25) is 10.0 Å². The summed E-state index contributed by atoms with van der Waals surface area (Å²) in [6.45, 7) is 0.804. The number of aliphatic hydroxyl groups excluding tert-OH is 1. The van der Waals surface area contributed by atoms with Crippen LogP contribution in [0.5, 0.6) is 0 Å². The summed E-state index contributed by atoms with van der Waals surface area (Å²) < 4.78 is 31.0. The van der Waals surface area contributed by atoms with E-state index in [1.165, 1.54) is 12.1 Å². The fourth-order valence-electron chi connectivity index (χ4n) is 2.42. The molecule has 0 unspecified atom stereocenters. The normalized spacial score (nSPS) is 26.4. The minimum absolute atomic E-state index is 0.0956. The van der Waals surface area contributed by atoms with Gasteiger partial charge in [-0.15, -0.1) is 0 Å². The molecule has 7 nitrogen and oxygen atoms in total. The highest BCUT2D eigenvalue weighted by molar-refractivity contribution is 7.89. The summed E-state index contributed by atoms with van der Waals surface area (Å²) in [5.41, 5.74) is -1.50. The number of nitrogens with zero attached hydrogens (tertiary/aromatic N) is 1. The molecule has 1 aliphatic rings. The number of nitrogens with one attached hydrogen (secondary N) is 1. The van der Waals surface area contributed by atoms with Crippen LogP contribution in [0.1, 0.15) is 0 Å². The van der Waals surface area contributed by atoms with E-state index in [0.29, 0.717) is 13.2 Å². The number of ether oxygens (including phenoxy) is 1. The summed E-state index contributed by atoms with van der Waals surface area (Å²) in [7, 11) is -2.15. The quantitative estimate of drug-likeness (QED) is 0.556. The molecule has 8 heteroatoms. The van der Waals surface area contributed by atoms with E-state index in [1.807, 2.05) is 0 Å². The van der Waals surface area contributed by atoms with Gasteiger partial charge in [0.05, 0.1) is 17.6 Å². The maximum atomic E-state index is 12.5. The average Bonchev–Trinajstić information content (AvgIpc) is 2.81. The predicted molar refractivity (Wildman–Crippen MR) is 80.9 cm³/mol. The summed E-state index contributed by atoms with van der Waals surface area (Å²) in [4.78, 5) is 0.152. The Labute approximate surface area is 130 Å². The first-order chi connectivity index (χ1) is 10.4. The molecule has 1 heterocycles. The van der Waals surface area contributed by atoms with Crippen LogP contribution in [0.25, 0.3) is 0 Å². The zero-order valence-electron chi connectivity index (χ0n) is 12.5. The molecule has 0 aliphatic carbocycles. The molecule has 1 aromatic rings. The topological polar surface area (TPSA) is 99.1 Å². The summed E-state index contributed by atoms with van der Waals surface area (Å²) in [6.07, 6.45) is -1.14. The highest BCUT2D eigenvalue weighted by Crippen LogP contribution is 2.27. The van der Waals surface area contributed by atoms with Crippen LogP contribution >= 0.6 is 0 Å². The largest absolute Gasteiger partial charge is 0.389 e. The SMILES string of the molecule is COCCNC[C@]1(O)CN(S(=O)(=O)c2ccccc2)C[C@H]1O. The Morgan fingerprint density at radius 2 is 2.09 bits per heavy atom. The van der Waals surface area contributed by atoms with Gasteiger partial charge in [0.1, 0.15) is 5.60 Å². The molecule has 124 valence electrons. The Morgan fingerprint density at radius 3 is 2.73 bits per heavy atom. The van der Waals surface area contributed by atoms with E-state index in [1.54, 1.807) is 25.3 Å². The molecule has 0 radical (unpaired) electrons. The highest BCUT2D eigenvalue weighted by Gasteiger charge is 2.48. The molecule has 22 heavy (non-hydrogen) atoms. The van der Waals surface area contributed by atoms with Crippen molar-refractivity contribution >= 4 is 10.0 Å². The van der Waals surface area contributed by atoms with Gasteiger partial charge in [-0.25, -0.2) is 8.42 Å². The number of sulfonamides is 1. The molecule has 0 spiro atoms. The molecular formula is C14H22N2O5S. The van der Waals surface area contributed by atoms with E-state index in [2.05, 4.69) is 5.32 Å². The van der Waals surface area contributed by atoms with Crippen molar-refractivity contribution in [3.05, 3.63) is 30.3 Å². The van der Waals surface area contributed by atoms with Crippen LogP contribution in [0.15, 0.2) is 35.2 Å². The summed E-state index contributed by atoms with van der Waals surface area (Å²) >= 11 is 0. The van der Waals surface area contributed by atoms with Crippen molar-refractivity contribution in [1.82, 2.24) is 9.62 Å². The van der Waals surface area contributed by atoms with Crippen molar-refractivity contribution in [2.24, 2.45) is 0 Å². The summed E-state index contributed by atoms with van der Waals surface area (Å²) in [5, 5.41) is 23.5. The lowest BCUT2D eigenvalue weighted by molar-refractivity contribution is -0.0387. The van der Waals surface area contributed by atoms with E-state index >= 15 is 0 Å². The Balaban J connectivity index is 2.06. The first kappa shape index (κ1) is 17.3. The fraction of sp³-hybridized carbons (Fsp3) is 0.571. The third-order valence-electron chi connectivity index (χ3n) is 3.74. The van der Waals surface area contributed by atoms with Gasteiger partial charge in [0.15, 0.2) is 0 Å². The van der Waals surface area contributed by atoms with E-state index in [-0.39, 0.29) is 24.5 Å². The fourth-order valence-corrected chi connectivity index (χ4v) is 3.95. The number of aliphatic hydroxyl groups is 2. The standard InChI is InChI=1S/C14H22N2O5S/c1-21-8-7-15-10-14(18)11-16(9-13(14)17)22(19,20)12-5-3-2-4-6-12/h2-6,13,15,17-18H,7-11H2,1H3/t13-,14+/m1/s1. The Hall–Kier alpha value is -1.03. The molecule has 1 aliphatic heterocycles. The maximum absolute atomic E-state index is 12.5. The lowest BCUT2D eigenvalue weighted by Crippen LogP contribution is -2.50. The smallest absolute Gasteiger partial charge is 0.243 e. The van der Waals surface area contributed by atoms with Crippen molar-refractivity contribution in [2.75, 3.05) is 39.9 Å². The van der Waals surface area contributed by atoms with E-state index < -0.39 is 21.7 Å². The third-order valence-corrected chi connectivity index (χ3v) is 5.57. The van der Waals surface area contributed by atoms with E-state index in [4.69, 9.17) is 4.74 Å². The minimum atomic E-state index is -3.72. The second-order valence-electron chi connectivity index (χ2n) is 5.40. The first-order valence-corrected chi connectivity index (χ1v) is 8.49. The highest BCUT2D eigenvalue weighted by atomic mass is 32.2. The monoisotopic (exact) mass is 330 g/mol. The number of hydrogen-bond acceptors (Lipinski definition) is 6. The zero-order chi connectivity index (χ0) is 16.2. The van der Waals surface area contributed by atoms with Gasteiger partial charge in [-0.05, 0) is 12.1 Å². The van der Waals surface area contributed by atoms with E-state index in [9.17, 15) is 18.6 Å². The number of hydrogen-bond donors (Lipinski definition) is 3. The maximum Gasteiger partial charge on any atom is 0.243 e. The molecule has 0 amide bonds. The summed E-state index contributed by atoms with van der Waals surface area (Å²) in [5.74, 6) is 0. The summed E-state index contributed by atoms with van der Waals surface area (Å²) in [6, 6.07) is 8.00. The lowest BCUT2D eigenvalue weighted by atomic mass is 10.0. The van der Waals surface area contributed by atoms with Crippen molar-refractivity contribution in [3.8, 4) is 0 Å². The molecule has 0 saturated carbocycles. The Bertz CT molecular complexity index is 580. The van der Waals surface area contributed by atoms with Crippen LogP contribution in [0.3, 0.4) is 0 Å². The molecule has 1 fully saturated rings. The lowest BCUT2D eigenvalue weighted by Gasteiger charge is -2.26. The first-order valence-electron chi connectivity index (χ1n) is 7.05. The van der Waals surface area contributed by atoms with Crippen LogP contribution in [-0.2, 0) is 14.8 Å². The van der Waals surface area contributed by atoms with Crippen LogP contribution < -0.4 is 5.32 Å². The molecule has 1 aromatic carbocycles.